The monoisotopic (exact) mass is 437 g/mol. The highest BCUT2D eigenvalue weighted by Gasteiger charge is 2.29. The van der Waals surface area contributed by atoms with Gasteiger partial charge in [0.05, 0.1) is 19.9 Å². The molecular weight excluding hydrogens is 410 g/mol. The van der Waals surface area contributed by atoms with Gasteiger partial charge in [0, 0.05) is 45.8 Å². The molecule has 3 rings (SSSR count). The van der Waals surface area contributed by atoms with Crippen molar-refractivity contribution in [2.24, 2.45) is 4.99 Å². The molecule has 0 bridgehead atoms. The van der Waals surface area contributed by atoms with Crippen LogP contribution in [0.25, 0.3) is 0 Å². The van der Waals surface area contributed by atoms with Gasteiger partial charge in [0.1, 0.15) is 12.0 Å². The number of hydrogen-bond donors (Lipinski definition) is 1. The van der Waals surface area contributed by atoms with Crippen LogP contribution in [0.4, 0.5) is 0 Å². The molecule has 164 valence electrons. The number of hydrogen-bond acceptors (Lipinski definition) is 7. The molecule has 2 aromatic rings. The molecule has 0 amide bonds. The summed E-state index contributed by atoms with van der Waals surface area (Å²) in [6, 6.07) is 7.29. The molecule has 0 aliphatic carbocycles. The normalized spacial score (nSPS) is 15.8. The van der Waals surface area contributed by atoms with Crippen LogP contribution in [-0.4, -0.2) is 76.2 Å². The number of methoxy groups -OCH3 is 2. The number of sulfonamides is 1. The molecule has 1 N–H and O–H groups in total. The molecule has 1 saturated heterocycles. The first kappa shape index (κ1) is 21.9. The van der Waals surface area contributed by atoms with Gasteiger partial charge >= 0.3 is 0 Å². The van der Waals surface area contributed by atoms with Gasteiger partial charge < -0.3 is 24.2 Å². The average Bonchev–Trinajstić information content (AvgIpc) is 3.26. The lowest BCUT2D eigenvalue weighted by Gasteiger charge is -2.35. The van der Waals surface area contributed by atoms with Crippen molar-refractivity contribution >= 4 is 16.0 Å². The van der Waals surface area contributed by atoms with Gasteiger partial charge in [0.25, 0.3) is 0 Å². The molecule has 1 fully saturated rings. The van der Waals surface area contributed by atoms with Crippen molar-refractivity contribution in [3.05, 3.63) is 41.8 Å². The second-order valence-electron chi connectivity index (χ2n) is 6.72. The van der Waals surface area contributed by atoms with Gasteiger partial charge in [-0.05, 0) is 17.7 Å². The summed E-state index contributed by atoms with van der Waals surface area (Å²) in [5.41, 5.74) is 1.42. The van der Waals surface area contributed by atoms with Gasteiger partial charge in [-0.3, -0.25) is 4.99 Å². The van der Waals surface area contributed by atoms with Crippen LogP contribution in [0.15, 0.2) is 40.0 Å². The maximum Gasteiger partial charge on any atom is 0.220 e. The SMILES string of the molecule is CN=C(NCc1ccc(OC)c(OC)c1)N1CCN(S(=O)(=O)Cc2ccon2)CC1. The van der Waals surface area contributed by atoms with E-state index in [1.165, 1.54) is 10.6 Å². The predicted molar refractivity (Wildman–Crippen MR) is 112 cm³/mol. The van der Waals surface area contributed by atoms with E-state index in [0.29, 0.717) is 49.9 Å². The third kappa shape index (κ3) is 5.22. The van der Waals surface area contributed by atoms with Crippen LogP contribution in [-0.2, 0) is 22.3 Å². The predicted octanol–water partition coefficient (Wildman–Crippen LogP) is 0.915. The number of piperazine rings is 1. The Labute approximate surface area is 176 Å². The summed E-state index contributed by atoms with van der Waals surface area (Å²) in [6.45, 7) is 2.42. The first-order chi connectivity index (χ1) is 14.5. The zero-order chi connectivity index (χ0) is 21.6. The van der Waals surface area contributed by atoms with Gasteiger partial charge in [-0.1, -0.05) is 11.2 Å². The van der Waals surface area contributed by atoms with Gasteiger partial charge in [-0.15, -0.1) is 0 Å². The molecule has 2 heterocycles. The third-order valence-electron chi connectivity index (χ3n) is 4.86. The van der Waals surface area contributed by atoms with Crippen molar-refractivity contribution in [3.8, 4) is 11.5 Å². The van der Waals surface area contributed by atoms with Crippen LogP contribution < -0.4 is 14.8 Å². The van der Waals surface area contributed by atoms with Crippen molar-refractivity contribution in [2.75, 3.05) is 47.4 Å². The Morgan fingerprint density at radius 2 is 1.90 bits per heavy atom. The van der Waals surface area contributed by atoms with Gasteiger partial charge in [0.2, 0.25) is 10.0 Å². The van der Waals surface area contributed by atoms with Gasteiger partial charge in [0.15, 0.2) is 17.5 Å². The minimum atomic E-state index is -3.43. The van der Waals surface area contributed by atoms with Crippen LogP contribution in [0.5, 0.6) is 11.5 Å². The molecule has 30 heavy (non-hydrogen) atoms. The summed E-state index contributed by atoms with van der Waals surface area (Å²) < 4.78 is 42.0. The highest BCUT2D eigenvalue weighted by atomic mass is 32.2. The van der Waals surface area contributed by atoms with E-state index < -0.39 is 10.0 Å². The van der Waals surface area contributed by atoms with E-state index in [2.05, 4.69) is 15.5 Å². The molecule has 1 aliphatic rings. The van der Waals surface area contributed by atoms with E-state index >= 15 is 0 Å². The Balaban J connectivity index is 1.55. The molecule has 0 spiro atoms. The Hall–Kier alpha value is -2.79. The fraction of sp³-hybridized carbons (Fsp3) is 0.474. The van der Waals surface area contributed by atoms with E-state index in [4.69, 9.17) is 14.0 Å². The fourth-order valence-electron chi connectivity index (χ4n) is 3.27. The van der Waals surface area contributed by atoms with Crippen molar-refractivity contribution in [2.45, 2.75) is 12.3 Å². The smallest absolute Gasteiger partial charge is 0.220 e. The third-order valence-corrected chi connectivity index (χ3v) is 6.68. The number of nitrogens with zero attached hydrogens (tertiary/aromatic N) is 4. The van der Waals surface area contributed by atoms with Crippen molar-refractivity contribution in [3.63, 3.8) is 0 Å². The number of ether oxygens (including phenoxy) is 2. The summed E-state index contributed by atoms with van der Waals surface area (Å²) in [6.07, 6.45) is 1.37. The molecule has 0 unspecified atom stereocenters. The number of aliphatic imine (C=N–C) groups is 1. The van der Waals surface area contributed by atoms with Crippen LogP contribution in [0.3, 0.4) is 0 Å². The number of benzene rings is 1. The Kier molecular flexibility index (Phi) is 7.16. The van der Waals surface area contributed by atoms with Gasteiger partial charge in [-0.25, -0.2) is 8.42 Å². The van der Waals surface area contributed by atoms with E-state index in [0.717, 1.165) is 11.5 Å². The molecule has 10 nitrogen and oxygen atoms in total. The molecule has 11 heteroatoms. The summed E-state index contributed by atoms with van der Waals surface area (Å²) in [7, 11) is 1.48. The maximum atomic E-state index is 12.6. The van der Waals surface area contributed by atoms with Crippen LogP contribution in [0, 0.1) is 0 Å². The molecule has 0 radical (unpaired) electrons. The lowest BCUT2D eigenvalue weighted by Crippen LogP contribution is -2.53. The molecule has 1 aliphatic heterocycles. The summed E-state index contributed by atoms with van der Waals surface area (Å²) in [5, 5.41) is 7.02. The second kappa shape index (κ2) is 9.81. The average molecular weight is 438 g/mol. The largest absolute Gasteiger partial charge is 0.493 e. The van der Waals surface area contributed by atoms with Gasteiger partial charge in [-0.2, -0.15) is 4.31 Å². The lowest BCUT2D eigenvalue weighted by molar-refractivity contribution is 0.259. The van der Waals surface area contributed by atoms with E-state index in [-0.39, 0.29) is 5.75 Å². The molecule has 0 saturated carbocycles. The van der Waals surface area contributed by atoms with Crippen LogP contribution in [0.1, 0.15) is 11.3 Å². The number of aromatic nitrogens is 1. The van der Waals surface area contributed by atoms with Crippen molar-refractivity contribution < 1.29 is 22.4 Å². The van der Waals surface area contributed by atoms with E-state index in [9.17, 15) is 8.42 Å². The second-order valence-corrected chi connectivity index (χ2v) is 8.69. The summed E-state index contributed by atoms with van der Waals surface area (Å²) in [5.74, 6) is 1.90. The maximum absolute atomic E-state index is 12.6. The minimum absolute atomic E-state index is 0.157. The molecule has 1 aromatic heterocycles. The van der Waals surface area contributed by atoms with Crippen molar-refractivity contribution in [1.82, 2.24) is 19.7 Å². The summed E-state index contributed by atoms with van der Waals surface area (Å²) >= 11 is 0. The number of rotatable bonds is 7. The molecule has 1 aromatic carbocycles. The number of nitrogens with one attached hydrogen (secondary N) is 1. The van der Waals surface area contributed by atoms with E-state index in [1.807, 2.05) is 23.1 Å². The first-order valence-electron chi connectivity index (χ1n) is 9.50. The highest BCUT2D eigenvalue weighted by molar-refractivity contribution is 7.88. The first-order valence-corrected chi connectivity index (χ1v) is 11.1. The Bertz CT molecular complexity index is 954. The quantitative estimate of drug-likeness (QED) is 0.503. The minimum Gasteiger partial charge on any atom is -0.493 e. The Morgan fingerprint density at radius 3 is 2.50 bits per heavy atom. The topological polar surface area (TPSA) is 110 Å². The highest BCUT2D eigenvalue weighted by Crippen LogP contribution is 2.27. The number of guanidine groups is 1. The zero-order valence-electron chi connectivity index (χ0n) is 17.4. The fourth-order valence-corrected chi connectivity index (χ4v) is 4.70. The van der Waals surface area contributed by atoms with Crippen LogP contribution in [0.2, 0.25) is 0 Å². The molecular formula is C19H27N5O5S. The van der Waals surface area contributed by atoms with E-state index in [1.54, 1.807) is 27.3 Å². The zero-order valence-corrected chi connectivity index (χ0v) is 18.2. The standard InChI is InChI=1S/C19H27N5O5S/c1-20-19(21-13-15-4-5-17(27-2)18(12-15)28-3)23-7-9-24(10-8-23)30(25,26)14-16-6-11-29-22-16/h4-6,11-12H,7-10,13-14H2,1-3H3,(H,20,21). The summed E-state index contributed by atoms with van der Waals surface area (Å²) in [4.78, 5) is 6.38. The van der Waals surface area contributed by atoms with Crippen LogP contribution >= 0.6 is 0 Å². The Morgan fingerprint density at radius 1 is 1.17 bits per heavy atom. The lowest BCUT2D eigenvalue weighted by atomic mass is 10.2. The van der Waals surface area contributed by atoms with Crippen molar-refractivity contribution in [1.29, 1.82) is 0 Å². The molecule has 0 atom stereocenters.